The third-order valence-electron chi connectivity index (χ3n) is 1.86. The molecule has 0 fully saturated rings. The average Bonchev–Trinajstić information content (AvgIpc) is 2.33. The molecule has 102 valence electrons. The van der Waals surface area contributed by atoms with Crippen LogP contribution < -0.4 is 10.3 Å². The number of phosphoric acid groups is 1. The summed E-state index contributed by atoms with van der Waals surface area (Å²) in [6, 6.07) is 14.3. The van der Waals surface area contributed by atoms with Crippen LogP contribution in [-0.4, -0.2) is 14.9 Å². The monoisotopic (exact) mass is 283 g/mol. The summed E-state index contributed by atoms with van der Waals surface area (Å²) in [5.41, 5.74) is 5.98. The van der Waals surface area contributed by atoms with Gasteiger partial charge in [-0.15, -0.1) is 0 Å². The number of nitrogen functional groups attached to an aromatic ring is 1. The third-order valence-corrected chi connectivity index (χ3v) is 2.31. The van der Waals surface area contributed by atoms with Crippen LogP contribution in [0.15, 0.2) is 54.6 Å². The molecule has 5 N–H and O–H groups in total. The van der Waals surface area contributed by atoms with Crippen molar-refractivity contribution in [3.8, 4) is 11.5 Å². The van der Waals surface area contributed by atoms with Gasteiger partial charge in [0.2, 0.25) is 0 Å². The van der Waals surface area contributed by atoms with E-state index >= 15 is 0 Å². The maximum Gasteiger partial charge on any atom is 0.524 e. The molecule has 0 radical (unpaired) electrons. The van der Waals surface area contributed by atoms with E-state index in [1.807, 2.05) is 0 Å². The molecule has 0 atom stereocenters. The van der Waals surface area contributed by atoms with Crippen LogP contribution in [0.25, 0.3) is 0 Å². The average molecular weight is 283 g/mol. The summed E-state index contributed by atoms with van der Waals surface area (Å²) in [5, 5.41) is 8.70. The molecule has 0 aliphatic carbocycles. The lowest BCUT2D eigenvalue weighted by Crippen LogP contribution is -1.88. The molecule has 0 spiro atoms. The topological polar surface area (TPSA) is 113 Å². The standard InChI is InChI=1S/C6H7NO.C6H7O4P/c7-5-1-3-6(8)4-2-5;7-11(8,9)10-6-4-2-1-3-5-6/h1-4,8H,7H2;1-5H,(H2,7,8,9). The smallest absolute Gasteiger partial charge is 0.508 e. The highest BCUT2D eigenvalue weighted by molar-refractivity contribution is 7.46. The maximum atomic E-state index is 10.3. The minimum absolute atomic E-state index is 0.167. The van der Waals surface area contributed by atoms with Crippen LogP contribution in [0.3, 0.4) is 0 Å². The van der Waals surface area contributed by atoms with Gasteiger partial charge in [-0.1, -0.05) is 18.2 Å². The highest BCUT2D eigenvalue weighted by Gasteiger charge is 2.14. The van der Waals surface area contributed by atoms with E-state index in [1.54, 1.807) is 42.5 Å². The van der Waals surface area contributed by atoms with Crippen LogP contribution in [0.4, 0.5) is 5.69 Å². The number of hydrogen-bond acceptors (Lipinski definition) is 4. The summed E-state index contributed by atoms with van der Waals surface area (Å²) in [6.07, 6.45) is 0. The molecule has 2 aromatic carbocycles. The summed E-state index contributed by atoms with van der Waals surface area (Å²) < 4.78 is 14.5. The normalized spacial score (nSPS) is 10.2. The van der Waals surface area contributed by atoms with Crippen molar-refractivity contribution in [2.75, 3.05) is 5.73 Å². The van der Waals surface area contributed by atoms with Crippen molar-refractivity contribution in [1.29, 1.82) is 0 Å². The molecule has 0 aliphatic heterocycles. The molecule has 0 aromatic heterocycles. The quantitative estimate of drug-likeness (QED) is 0.381. The van der Waals surface area contributed by atoms with E-state index in [0.717, 1.165) is 0 Å². The second-order valence-corrected chi connectivity index (χ2v) is 4.65. The maximum absolute atomic E-state index is 10.3. The first-order valence-corrected chi connectivity index (χ1v) is 6.74. The van der Waals surface area contributed by atoms with Gasteiger partial charge in [-0.2, -0.15) is 0 Å². The van der Waals surface area contributed by atoms with Gasteiger partial charge in [-0.05, 0) is 36.4 Å². The van der Waals surface area contributed by atoms with Crippen LogP contribution in [0, 0.1) is 0 Å². The Morgan fingerprint density at radius 1 is 0.947 bits per heavy atom. The van der Waals surface area contributed by atoms with Gasteiger partial charge < -0.3 is 15.4 Å². The highest BCUT2D eigenvalue weighted by Crippen LogP contribution is 2.36. The van der Waals surface area contributed by atoms with Crippen molar-refractivity contribution in [2.24, 2.45) is 0 Å². The van der Waals surface area contributed by atoms with Gasteiger partial charge >= 0.3 is 7.82 Å². The molecule has 2 rings (SSSR count). The number of anilines is 1. The first-order chi connectivity index (χ1) is 8.87. The van der Waals surface area contributed by atoms with Gasteiger partial charge in [0.25, 0.3) is 0 Å². The lowest BCUT2D eigenvalue weighted by molar-refractivity contribution is 0.283. The first-order valence-electron chi connectivity index (χ1n) is 5.21. The van der Waals surface area contributed by atoms with Crippen molar-refractivity contribution in [2.45, 2.75) is 0 Å². The Morgan fingerprint density at radius 2 is 1.47 bits per heavy atom. The largest absolute Gasteiger partial charge is 0.524 e. The zero-order chi connectivity index (χ0) is 14.3. The van der Waals surface area contributed by atoms with E-state index in [4.69, 9.17) is 20.6 Å². The van der Waals surface area contributed by atoms with E-state index in [1.165, 1.54) is 12.1 Å². The van der Waals surface area contributed by atoms with E-state index in [-0.39, 0.29) is 11.5 Å². The van der Waals surface area contributed by atoms with E-state index < -0.39 is 7.82 Å². The third kappa shape index (κ3) is 7.10. The van der Waals surface area contributed by atoms with Gasteiger partial charge in [0.15, 0.2) is 0 Å². The van der Waals surface area contributed by atoms with Crippen LogP contribution in [0.5, 0.6) is 11.5 Å². The van der Waals surface area contributed by atoms with Gasteiger partial charge in [0, 0.05) is 5.69 Å². The fourth-order valence-corrected chi connectivity index (χ4v) is 1.49. The Balaban J connectivity index is 0.000000200. The second kappa shape index (κ2) is 6.80. The Morgan fingerprint density at radius 3 is 1.89 bits per heavy atom. The fourth-order valence-electron chi connectivity index (χ4n) is 1.09. The second-order valence-electron chi connectivity index (χ2n) is 3.49. The molecule has 0 saturated carbocycles. The summed E-state index contributed by atoms with van der Waals surface area (Å²) in [6.45, 7) is 0. The van der Waals surface area contributed by atoms with E-state index in [2.05, 4.69) is 4.52 Å². The molecular weight excluding hydrogens is 269 g/mol. The Labute approximate surface area is 110 Å². The molecule has 0 aliphatic rings. The summed E-state index contributed by atoms with van der Waals surface area (Å²) >= 11 is 0. The molecule has 0 unspecified atom stereocenters. The molecule has 0 heterocycles. The lowest BCUT2D eigenvalue weighted by Gasteiger charge is -2.04. The number of aromatic hydroxyl groups is 1. The summed E-state index contributed by atoms with van der Waals surface area (Å²) in [4.78, 5) is 16.7. The first kappa shape index (κ1) is 15.0. The van der Waals surface area contributed by atoms with Crippen LogP contribution >= 0.6 is 7.82 Å². The molecule has 0 saturated heterocycles. The van der Waals surface area contributed by atoms with Crippen molar-refractivity contribution in [3.63, 3.8) is 0 Å². The molecule has 0 amide bonds. The van der Waals surface area contributed by atoms with E-state index in [9.17, 15) is 4.57 Å². The van der Waals surface area contributed by atoms with Gasteiger partial charge in [0.1, 0.15) is 11.5 Å². The predicted molar refractivity (Wildman–Crippen MR) is 71.6 cm³/mol. The SMILES string of the molecule is Nc1ccc(O)cc1.O=P(O)(O)Oc1ccccc1. The van der Waals surface area contributed by atoms with Crippen LogP contribution in [0.1, 0.15) is 0 Å². The molecule has 19 heavy (non-hydrogen) atoms. The minimum Gasteiger partial charge on any atom is -0.508 e. The van der Waals surface area contributed by atoms with Crippen molar-refractivity contribution in [1.82, 2.24) is 0 Å². The van der Waals surface area contributed by atoms with Crippen molar-refractivity contribution in [3.05, 3.63) is 54.6 Å². The molecule has 6 nitrogen and oxygen atoms in total. The number of nitrogens with two attached hydrogens (primary N) is 1. The Hall–Kier alpha value is -2.01. The van der Waals surface area contributed by atoms with Crippen molar-refractivity contribution >= 4 is 13.5 Å². The van der Waals surface area contributed by atoms with E-state index in [0.29, 0.717) is 5.69 Å². The van der Waals surface area contributed by atoms with Crippen molar-refractivity contribution < 1.29 is 24.0 Å². The Bertz CT molecular complexity index is 517. The minimum atomic E-state index is -4.39. The number of benzene rings is 2. The van der Waals surface area contributed by atoms with Crippen LogP contribution in [-0.2, 0) is 4.57 Å². The number of para-hydroxylation sites is 1. The molecule has 2 aromatic rings. The number of phenols is 1. The summed E-state index contributed by atoms with van der Waals surface area (Å²) in [5.74, 6) is 0.417. The lowest BCUT2D eigenvalue weighted by atomic mass is 10.3. The number of phosphoric ester groups is 1. The van der Waals surface area contributed by atoms with Crippen LogP contribution in [0.2, 0.25) is 0 Å². The van der Waals surface area contributed by atoms with Gasteiger partial charge in [-0.25, -0.2) is 4.57 Å². The molecular formula is C12H14NO5P. The summed E-state index contributed by atoms with van der Waals surface area (Å²) in [7, 11) is -4.39. The zero-order valence-electron chi connectivity index (χ0n) is 9.88. The van der Waals surface area contributed by atoms with Gasteiger partial charge in [-0.3, -0.25) is 9.79 Å². The number of hydrogen-bond donors (Lipinski definition) is 4. The number of rotatable bonds is 2. The highest BCUT2D eigenvalue weighted by atomic mass is 31.2. The molecule has 7 heteroatoms. The number of phenolic OH excluding ortho intramolecular Hbond substituents is 1. The fraction of sp³-hybridized carbons (Fsp3) is 0. The Kier molecular flexibility index (Phi) is 5.38. The molecule has 0 bridgehead atoms. The zero-order valence-corrected chi connectivity index (χ0v) is 10.8. The van der Waals surface area contributed by atoms with Gasteiger partial charge in [0.05, 0.1) is 0 Å². The predicted octanol–water partition coefficient (Wildman–Crippen LogP) is 2.13.